The maximum atomic E-state index is 14.2. The Kier molecular flexibility index (Phi) is 6.12. The summed E-state index contributed by atoms with van der Waals surface area (Å²) in [6.45, 7) is 10.7. The van der Waals surface area contributed by atoms with Crippen molar-refractivity contribution in [1.82, 2.24) is 5.32 Å². The molecule has 128 valence electrons. The van der Waals surface area contributed by atoms with Gasteiger partial charge in [0, 0.05) is 5.92 Å². The van der Waals surface area contributed by atoms with Crippen LogP contribution in [0.5, 0.6) is 0 Å². The second kappa shape index (κ2) is 7.44. The number of amides is 1. The van der Waals surface area contributed by atoms with Crippen LogP contribution in [-0.4, -0.2) is 24.4 Å². The Balaban J connectivity index is 3.04. The number of nitrogens with one attached hydrogen (secondary N) is 1. The summed E-state index contributed by atoms with van der Waals surface area (Å²) in [6.07, 6.45) is -1.76. The van der Waals surface area contributed by atoms with Crippen LogP contribution < -0.4 is 5.32 Å². The van der Waals surface area contributed by atoms with Gasteiger partial charge in [-0.1, -0.05) is 13.0 Å². The van der Waals surface area contributed by atoms with Gasteiger partial charge in [0.15, 0.2) is 6.23 Å². The van der Waals surface area contributed by atoms with Gasteiger partial charge in [-0.05, 0) is 57.4 Å². The van der Waals surface area contributed by atoms with Crippen LogP contribution in [0.4, 0.5) is 9.18 Å². The maximum Gasteiger partial charge on any atom is 0.410 e. The molecule has 1 amide bonds. The molecule has 0 fully saturated rings. The number of carbonyl (C=O) groups excluding carboxylic acids is 2. The Hall–Kier alpha value is -2.11. The maximum absolute atomic E-state index is 14.2. The minimum absolute atomic E-state index is 0.224. The van der Waals surface area contributed by atoms with Gasteiger partial charge in [-0.2, -0.15) is 0 Å². The van der Waals surface area contributed by atoms with E-state index in [9.17, 15) is 14.0 Å². The number of ether oxygens (including phenoxy) is 2. The first-order valence-corrected chi connectivity index (χ1v) is 7.41. The molecule has 1 unspecified atom stereocenters. The molecule has 1 aromatic rings. The van der Waals surface area contributed by atoms with Gasteiger partial charge in [-0.3, -0.25) is 10.1 Å². The third-order valence-electron chi connectivity index (χ3n) is 3.50. The van der Waals surface area contributed by atoms with Crippen LogP contribution in [0.25, 0.3) is 0 Å². The molecule has 0 aliphatic heterocycles. The van der Waals surface area contributed by atoms with Crippen LogP contribution in [0, 0.1) is 19.7 Å². The smallest absolute Gasteiger partial charge is 0.410 e. The molecule has 6 heteroatoms. The number of halogens is 1. The molecule has 1 N–H and O–H groups in total. The molecule has 0 aliphatic carbocycles. The first-order valence-electron chi connectivity index (χ1n) is 7.41. The number of alkyl carbamates (subject to hydrolysis) is 1. The Morgan fingerprint density at radius 3 is 2.43 bits per heavy atom. The van der Waals surface area contributed by atoms with Gasteiger partial charge < -0.3 is 9.47 Å². The number of hydrogen-bond donors (Lipinski definition) is 1. The van der Waals surface area contributed by atoms with Gasteiger partial charge in [-0.25, -0.2) is 9.18 Å². The minimum atomic E-state index is -1.03. The summed E-state index contributed by atoms with van der Waals surface area (Å²) in [4.78, 5) is 22.6. The van der Waals surface area contributed by atoms with E-state index in [1.807, 2.05) is 6.92 Å². The van der Waals surface area contributed by atoms with Crippen molar-refractivity contribution < 1.29 is 23.5 Å². The number of rotatable bonds is 5. The lowest BCUT2D eigenvalue weighted by molar-refractivity contribution is -0.135. The normalized spacial score (nSPS) is 13.9. The lowest BCUT2D eigenvalue weighted by Crippen LogP contribution is -2.43. The van der Waals surface area contributed by atoms with Crippen LogP contribution in [0.15, 0.2) is 12.1 Å². The van der Waals surface area contributed by atoms with Gasteiger partial charge >= 0.3 is 6.09 Å². The molecular weight excluding hydrogens is 301 g/mol. The van der Waals surface area contributed by atoms with E-state index in [-0.39, 0.29) is 6.47 Å². The highest BCUT2D eigenvalue weighted by molar-refractivity contribution is 5.68. The lowest BCUT2D eigenvalue weighted by atomic mass is 9.91. The molecule has 0 heterocycles. The highest BCUT2D eigenvalue weighted by Crippen LogP contribution is 2.28. The van der Waals surface area contributed by atoms with Gasteiger partial charge in [0.25, 0.3) is 6.47 Å². The topological polar surface area (TPSA) is 64.6 Å². The van der Waals surface area contributed by atoms with Gasteiger partial charge in [0.1, 0.15) is 11.4 Å². The van der Waals surface area contributed by atoms with Crippen molar-refractivity contribution in [2.45, 2.75) is 59.3 Å². The monoisotopic (exact) mass is 325 g/mol. The van der Waals surface area contributed by atoms with Crippen LogP contribution in [0.1, 0.15) is 50.3 Å². The first-order chi connectivity index (χ1) is 10.6. The predicted molar refractivity (Wildman–Crippen MR) is 84.6 cm³/mol. The largest absolute Gasteiger partial charge is 0.444 e. The summed E-state index contributed by atoms with van der Waals surface area (Å²) in [6, 6.07) is 3.04. The number of aryl methyl sites for hydroxylation is 1. The summed E-state index contributed by atoms with van der Waals surface area (Å²) in [5, 5.41) is 2.47. The summed E-state index contributed by atoms with van der Waals surface area (Å²) in [5.41, 5.74) is 1.37. The van der Waals surface area contributed by atoms with Crippen molar-refractivity contribution in [3.8, 4) is 0 Å². The Morgan fingerprint density at radius 1 is 1.30 bits per heavy atom. The molecular formula is C17H24FNO4. The van der Waals surface area contributed by atoms with Crippen LogP contribution in [0.2, 0.25) is 0 Å². The van der Waals surface area contributed by atoms with Crippen molar-refractivity contribution in [3.05, 3.63) is 34.6 Å². The van der Waals surface area contributed by atoms with E-state index in [1.165, 1.54) is 6.07 Å². The Bertz CT molecular complexity index is 581. The van der Waals surface area contributed by atoms with Gasteiger partial charge in [0.2, 0.25) is 0 Å². The van der Waals surface area contributed by atoms with Gasteiger partial charge in [-0.15, -0.1) is 0 Å². The molecule has 0 saturated heterocycles. The molecule has 23 heavy (non-hydrogen) atoms. The third-order valence-corrected chi connectivity index (χ3v) is 3.50. The number of carbonyl (C=O) groups is 2. The standard InChI is InChI=1S/C17H24FNO4/c1-10-7-8-13(18)14(11(10)2)12(3)15(22-9-20)19-16(21)23-17(4,5)6/h7-9,12,15H,1-6H3,(H,19,21)/t12?,15-/m1/s1. The average molecular weight is 325 g/mol. The molecule has 1 aromatic carbocycles. The zero-order valence-corrected chi connectivity index (χ0v) is 14.4. The third kappa shape index (κ3) is 5.23. The van der Waals surface area contributed by atoms with Crippen molar-refractivity contribution >= 4 is 12.6 Å². The first kappa shape index (κ1) is 18.9. The second-order valence-corrected chi connectivity index (χ2v) is 6.49. The molecule has 0 bridgehead atoms. The molecule has 0 aromatic heterocycles. The van der Waals surface area contributed by atoms with E-state index >= 15 is 0 Å². The van der Waals surface area contributed by atoms with E-state index in [2.05, 4.69) is 5.32 Å². The molecule has 1 rings (SSSR count). The van der Waals surface area contributed by atoms with Crippen molar-refractivity contribution in [2.75, 3.05) is 0 Å². The van der Waals surface area contributed by atoms with Crippen molar-refractivity contribution in [2.24, 2.45) is 0 Å². The zero-order chi connectivity index (χ0) is 17.8. The summed E-state index contributed by atoms with van der Waals surface area (Å²) in [7, 11) is 0. The van der Waals surface area contributed by atoms with Crippen LogP contribution >= 0.6 is 0 Å². The fourth-order valence-electron chi connectivity index (χ4n) is 2.28. The summed E-state index contributed by atoms with van der Waals surface area (Å²) < 4.78 is 24.3. The predicted octanol–water partition coefficient (Wildman–Crippen LogP) is 3.57. The van der Waals surface area contributed by atoms with E-state index in [1.54, 1.807) is 40.7 Å². The highest BCUT2D eigenvalue weighted by Gasteiger charge is 2.28. The Labute approximate surface area is 136 Å². The van der Waals surface area contributed by atoms with Crippen LogP contribution in [0.3, 0.4) is 0 Å². The van der Waals surface area contributed by atoms with E-state index in [0.717, 1.165) is 11.1 Å². The SMILES string of the molecule is Cc1ccc(F)c(C(C)[C@H](NC(=O)OC(C)(C)C)OC=O)c1C. The number of hydrogen-bond acceptors (Lipinski definition) is 4. The van der Waals surface area contributed by atoms with Crippen molar-refractivity contribution in [3.63, 3.8) is 0 Å². The van der Waals surface area contributed by atoms with Crippen LogP contribution in [-0.2, 0) is 14.3 Å². The average Bonchev–Trinajstić information content (AvgIpc) is 2.40. The van der Waals surface area contributed by atoms with Crippen molar-refractivity contribution in [1.29, 1.82) is 0 Å². The van der Waals surface area contributed by atoms with E-state index in [4.69, 9.17) is 9.47 Å². The molecule has 0 aliphatic rings. The summed E-state index contributed by atoms with van der Waals surface area (Å²) >= 11 is 0. The Morgan fingerprint density at radius 2 is 1.91 bits per heavy atom. The minimum Gasteiger partial charge on any atom is -0.444 e. The van der Waals surface area contributed by atoms with E-state index < -0.39 is 29.7 Å². The second-order valence-electron chi connectivity index (χ2n) is 6.49. The lowest BCUT2D eigenvalue weighted by Gasteiger charge is -2.27. The molecule has 0 spiro atoms. The van der Waals surface area contributed by atoms with Gasteiger partial charge in [0.05, 0.1) is 0 Å². The number of benzene rings is 1. The molecule has 0 radical (unpaired) electrons. The molecule has 2 atom stereocenters. The molecule has 5 nitrogen and oxygen atoms in total. The van der Waals surface area contributed by atoms with E-state index in [0.29, 0.717) is 5.56 Å². The summed E-state index contributed by atoms with van der Waals surface area (Å²) in [5.74, 6) is -0.987. The fraction of sp³-hybridized carbons (Fsp3) is 0.529. The highest BCUT2D eigenvalue weighted by atomic mass is 19.1. The quantitative estimate of drug-likeness (QED) is 0.664. The zero-order valence-electron chi connectivity index (χ0n) is 14.4. The molecule has 0 saturated carbocycles. The fourth-order valence-corrected chi connectivity index (χ4v) is 2.28.